The average Bonchev–Trinajstić information content (AvgIpc) is 2.82. The first-order valence-electron chi connectivity index (χ1n) is 10.6. The molecule has 0 aliphatic rings. The van der Waals surface area contributed by atoms with Crippen LogP contribution < -0.4 is 0 Å². The first-order chi connectivity index (χ1) is 19.2. The van der Waals surface area contributed by atoms with Crippen LogP contribution in [0, 0.1) is 35.4 Å². The van der Waals surface area contributed by atoms with E-state index in [1.807, 2.05) is 0 Å². The van der Waals surface area contributed by atoms with Crippen molar-refractivity contribution in [1.29, 1.82) is 0 Å². The zero-order valence-electron chi connectivity index (χ0n) is 20.5. The van der Waals surface area contributed by atoms with Crippen LogP contribution in [-0.2, 0) is 32.5 Å². The van der Waals surface area contributed by atoms with Gasteiger partial charge in [0.1, 0.15) is 0 Å². The van der Waals surface area contributed by atoms with E-state index in [9.17, 15) is 69.1 Å². The van der Waals surface area contributed by atoms with Gasteiger partial charge < -0.3 is 9.97 Å². The van der Waals surface area contributed by atoms with Gasteiger partial charge in [-0.15, -0.1) is 24.3 Å². The Kier molecular flexibility index (Phi) is 11.4. The number of halogens is 16. The number of alkyl halides is 6. The number of aromatic nitrogens is 2. The maximum absolute atomic E-state index is 13.3. The van der Waals surface area contributed by atoms with Gasteiger partial charge in [-0.2, -0.15) is 26.3 Å². The van der Waals surface area contributed by atoms with Crippen LogP contribution in [0.5, 0.6) is 0 Å². The minimum Gasteiger partial charge on any atom is -0.304 e. The number of rotatable bonds is 2. The largest absolute Gasteiger partial charge is 0.417 e. The molecule has 0 saturated heterocycles. The Morgan fingerprint density at radius 1 is 0.545 bits per heavy atom. The van der Waals surface area contributed by atoms with E-state index in [0.29, 0.717) is 24.5 Å². The smallest absolute Gasteiger partial charge is 0.304 e. The van der Waals surface area contributed by atoms with Crippen molar-refractivity contribution in [3.63, 3.8) is 0 Å². The van der Waals surface area contributed by atoms with Crippen molar-refractivity contribution in [1.82, 2.24) is 9.97 Å². The summed E-state index contributed by atoms with van der Waals surface area (Å²) in [7, 11) is -10.7. The predicted octanol–water partition coefficient (Wildman–Crippen LogP) is 11.1. The third-order valence-corrected chi connectivity index (χ3v) is 4.41. The Hall–Kier alpha value is -3.30. The summed E-state index contributed by atoms with van der Waals surface area (Å²) in [5, 5.41) is 0. The molecule has 44 heavy (non-hydrogen) atoms. The molecule has 0 amide bonds. The SMILES string of the molecule is F[P-](F)(F)(F)(F)F.Fc1c[c-]c(-c2ccc(C(F)(F)F)cn2)c(F)c1.Fc1c[c-]c(-c2ccc(C(F)(F)F)cn2)c(F)c1.[Ir]. The van der Waals surface area contributed by atoms with Gasteiger partial charge in [0.2, 0.25) is 0 Å². The van der Waals surface area contributed by atoms with E-state index < -0.39 is 54.6 Å². The van der Waals surface area contributed by atoms with Gasteiger partial charge >= 0.3 is 45.3 Å². The summed E-state index contributed by atoms with van der Waals surface area (Å²) in [6, 6.07) is 11.1. The molecular formula is C24H10F16IrN2P-3. The molecule has 2 aromatic heterocycles. The molecule has 20 heteroatoms. The summed E-state index contributed by atoms with van der Waals surface area (Å²) in [5.74, 6) is -3.49. The molecule has 0 unspecified atom stereocenters. The summed E-state index contributed by atoms with van der Waals surface area (Å²) in [6.07, 6.45) is -7.83. The third-order valence-electron chi connectivity index (χ3n) is 4.41. The second-order valence-corrected chi connectivity index (χ2v) is 9.82. The normalized spacial score (nSPS) is 13.2. The molecule has 0 fully saturated rings. The van der Waals surface area contributed by atoms with Crippen molar-refractivity contribution >= 4 is 7.81 Å². The maximum atomic E-state index is 13.3. The van der Waals surface area contributed by atoms with Gasteiger partial charge in [0.25, 0.3) is 0 Å². The number of hydrogen-bond acceptors (Lipinski definition) is 2. The minimum absolute atomic E-state index is 0. The predicted molar refractivity (Wildman–Crippen MR) is 120 cm³/mol. The fourth-order valence-corrected chi connectivity index (χ4v) is 2.70. The maximum Gasteiger partial charge on any atom is 0.417 e. The van der Waals surface area contributed by atoms with Crippen LogP contribution in [0.15, 0.2) is 60.9 Å². The van der Waals surface area contributed by atoms with Crippen LogP contribution in [0.3, 0.4) is 0 Å². The minimum atomic E-state index is -10.7. The average molecular weight is 854 g/mol. The van der Waals surface area contributed by atoms with Crippen molar-refractivity contribution < 1.29 is 89.2 Å². The van der Waals surface area contributed by atoms with Gasteiger partial charge in [0.15, 0.2) is 0 Å². The molecule has 2 nitrogen and oxygen atoms in total. The number of hydrogen-bond donors (Lipinski definition) is 0. The van der Waals surface area contributed by atoms with E-state index in [1.165, 1.54) is 0 Å². The molecule has 0 aliphatic heterocycles. The fraction of sp³-hybridized carbons (Fsp3) is 0.0833. The summed E-state index contributed by atoms with van der Waals surface area (Å²) in [4.78, 5) is 6.98. The van der Waals surface area contributed by atoms with Gasteiger partial charge in [-0.25, -0.2) is 0 Å². The van der Waals surface area contributed by atoms with E-state index >= 15 is 0 Å². The monoisotopic (exact) mass is 854 g/mol. The first-order valence-corrected chi connectivity index (χ1v) is 12.6. The van der Waals surface area contributed by atoms with Crippen LogP contribution in [0.25, 0.3) is 22.5 Å². The van der Waals surface area contributed by atoms with Gasteiger partial charge in [-0.3, -0.25) is 17.6 Å². The molecule has 0 bridgehead atoms. The molecule has 2 heterocycles. The molecule has 2 aromatic carbocycles. The third kappa shape index (κ3) is 14.0. The van der Waals surface area contributed by atoms with Crippen LogP contribution in [0.2, 0.25) is 0 Å². The Morgan fingerprint density at radius 3 is 1.05 bits per heavy atom. The molecule has 1 radical (unpaired) electrons. The Bertz CT molecular complexity index is 1440. The zero-order valence-corrected chi connectivity index (χ0v) is 23.8. The quantitative estimate of drug-likeness (QED) is 0.114. The molecule has 4 aromatic rings. The van der Waals surface area contributed by atoms with E-state index in [4.69, 9.17) is 0 Å². The van der Waals surface area contributed by atoms with Gasteiger partial charge in [-0.1, -0.05) is 47.5 Å². The van der Waals surface area contributed by atoms with Crippen molar-refractivity contribution in [2.45, 2.75) is 12.4 Å². The summed E-state index contributed by atoms with van der Waals surface area (Å²) in [6.45, 7) is 0. The van der Waals surface area contributed by atoms with Gasteiger partial charge in [0.05, 0.1) is 11.1 Å². The number of pyridine rings is 2. The Labute approximate surface area is 249 Å². The first kappa shape index (κ1) is 38.7. The van der Waals surface area contributed by atoms with E-state index in [1.54, 1.807) is 0 Å². The molecule has 0 N–H and O–H groups in total. The summed E-state index contributed by atoms with van der Waals surface area (Å²) < 4.78 is 185. The van der Waals surface area contributed by atoms with E-state index in [2.05, 4.69) is 22.1 Å². The van der Waals surface area contributed by atoms with Gasteiger partial charge in [-0.05, 0) is 11.4 Å². The fourth-order valence-electron chi connectivity index (χ4n) is 2.70. The topological polar surface area (TPSA) is 25.8 Å². The Morgan fingerprint density at radius 2 is 0.841 bits per heavy atom. The van der Waals surface area contributed by atoms with Crippen LogP contribution in [0.4, 0.5) is 69.1 Å². The van der Waals surface area contributed by atoms with E-state index in [0.717, 1.165) is 36.4 Å². The molecule has 0 spiro atoms. The van der Waals surface area contributed by atoms with Crippen LogP contribution in [-0.4, -0.2) is 9.97 Å². The summed E-state index contributed by atoms with van der Waals surface area (Å²) >= 11 is 0. The second kappa shape index (κ2) is 13.0. The molecule has 0 atom stereocenters. The van der Waals surface area contributed by atoms with Crippen LogP contribution >= 0.6 is 7.81 Å². The van der Waals surface area contributed by atoms with Crippen molar-refractivity contribution in [3.05, 3.63) is 107 Å². The van der Waals surface area contributed by atoms with Crippen molar-refractivity contribution in [2.24, 2.45) is 0 Å². The second-order valence-electron chi connectivity index (χ2n) is 7.90. The number of benzene rings is 2. The molecular weight excluding hydrogens is 843 g/mol. The zero-order chi connectivity index (χ0) is 33.1. The standard InChI is InChI=1S/2C12H5F5N.F6P.Ir/c2*13-8-2-3-9(10(14)5-8)11-4-1-7(6-18-11)12(15,16)17;1-7(2,3,4,5)6;/h2*1-2,4-6H;;/q3*-1;. The molecule has 245 valence electrons. The van der Waals surface area contributed by atoms with Crippen molar-refractivity contribution in [2.75, 3.05) is 0 Å². The number of nitrogens with zero attached hydrogens (tertiary/aromatic N) is 2. The Balaban J connectivity index is 0.000000357. The van der Waals surface area contributed by atoms with Crippen molar-refractivity contribution in [3.8, 4) is 22.5 Å². The summed E-state index contributed by atoms with van der Waals surface area (Å²) in [5.41, 5.74) is -2.31. The van der Waals surface area contributed by atoms with Gasteiger partial charge in [0, 0.05) is 55.8 Å². The molecule has 4 rings (SSSR count). The van der Waals surface area contributed by atoms with E-state index in [-0.39, 0.29) is 42.6 Å². The van der Waals surface area contributed by atoms with Crippen LogP contribution in [0.1, 0.15) is 11.1 Å². The molecule has 0 saturated carbocycles. The molecule has 0 aliphatic carbocycles.